The molecule has 6 nitrogen and oxygen atoms in total. The maximum atomic E-state index is 12.8. The van der Waals surface area contributed by atoms with Crippen LogP contribution in [-0.4, -0.2) is 59.7 Å². The number of hydrogen-bond donors (Lipinski definition) is 0. The van der Waals surface area contributed by atoms with Gasteiger partial charge in [0.15, 0.2) is 5.16 Å². The fraction of sp³-hybridized carbons (Fsp3) is 0.560. The maximum Gasteiger partial charge on any atom is 0.254 e. The van der Waals surface area contributed by atoms with Crippen LogP contribution in [0.1, 0.15) is 67.6 Å². The molecule has 0 N–H and O–H groups in total. The second-order valence-electron chi connectivity index (χ2n) is 9.02. The van der Waals surface area contributed by atoms with Crippen LogP contribution in [0.2, 0.25) is 0 Å². The molecule has 0 radical (unpaired) electrons. The minimum atomic E-state index is 0.0829. The van der Waals surface area contributed by atoms with E-state index in [0.717, 1.165) is 40.1 Å². The first-order valence-electron chi connectivity index (χ1n) is 11.8. The summed E-state index contributed by atoms with van der Waals surface area (Å²) in [6.45, 7) is 10.3. The van der Waals surface area contributed by atoms with Gasteiger partial charge in [0, 0.05) is 48.8 Å². The quantitative estimate of drug-likeness (QED) is 0.464. The van der Waals surface area contributed by atoms with Crippen LogP contribution in [-0.2, 0) is 10.5 Å². The number of morpholine rings is 1. The van der Waals surface area contributed by atoms with E-state index in [9.17, 15) is 4.79 Å². The molecule has 0 spiro atoms. The summed E-state index contributed by atoms with van der Waals surface area (Å²) in [5.41, 5.74) is 2.94. The minimum absolute atomic E-state index is 0.0829. The van der Waals surface area contributed by atoms with Gasteiger partial charge in [-0.05, 0) is 49.8 Å². The van der Waals surface area contributed by atoms with E-state index in [1.807, 2.05) is 23.1 Å². The molecule has 4 rings (SSSR count). The number of carbonyl (C=O) groups is 1. The molecule has 2 fully saturated rings. The topological polar surface area (TPSA) is 58.6 Å². The molecule has 2 aliphatic heterocycles. The summed E-state index contributed by atoms with van der Waals surface area (Å²) in [6.07, 6.45) is 3.73. The lowest BCUT2D eigenvalue weighted by molar-refractivity contribution is 0.0303. The smallest absolute Gasteiger partial charge is 0.254 e. The van der Waals surface area contributed by atoms with Crippen molar-refractivity contribution in [1.82, 2.24) is 14.9 Å². The van der Waals surface area contributed by atoms with Crippen LogP contribution in [0.25, 0.3) is 0 Å². The van der Waals surface area contributed by atoms with Crippen LogP contribution in [0.4, 0.5) is 5.82 Å². The number of carbonyl (C=O) groups excluding carboxylic acids is 1. The lowest BCUT2D eigenvalue weighted by Gasteiger charge is -2.34. The van der Waals surface area contributed by atoms with Crippen LogP contribution in [0.3, 0.4) is 0 Å². The summed E-state index contributed by atoms with van der Waals surface area (Å²) in [6, 6.07) is 10.6. The molecule has 0 saturated carbocycles. The van der Waals surface area contributed by atoms with E-state index in [2.05, 4.69) is 37.8 Å². The Morgan fingerprint density at radius 1 is 1.16 bits per heavy atom. The fourth-order valence-electron chi connectivity index (χ4n) is 4.27. The Labute approximate surface area is 195 Å². The summed E-state index contributed by atoms with van der Waals surface area (Å²) in [5, 5.41) is 0.814. The van der Waals surface area contributed by atoms with Gasteiger partial charge < -0.3 is 14.5 Å². The molecule has 2 aromatic rings. The van der Waals surface area contributed by atoms with Gasteiger partial charge in [0.25, 0.3) is 5.91 Å². The van der Waals surface area contributed by atoms with Crippen molar-refractivity contribution >= 4 is 23.5 Å². The molecule has 2 saturated heterocycles. The van der Waals surface area contributed by atoms with Crippen molar-refractivity contribution in [1.29, 1.82) is 0 Å². The number of aromatic nitrogens is 2. The second kappa shape index (κ2) is 10.7. The van der Waals surface area contributed by atoms with Crippen molar-refractivity contribution in [3.05, 3.63) is 47.2 Å². The lowest BCUT2D eigenvalue weighted by atomic mass is 10.0. The summed E-state index contributed by atoms with van der Waals surface area (Å²) >= 11 is 1.65. The summed E-state index contributed by atoms with van der Waals surface area (Å²) in [7, 11) is 0. The molecule has 3 heterocycles. The molecule has 1 aromatic heterocycles. The van der Waals surface area contributed by atoms with Gasteiger partial charge in [-0.1, -0.05) is 37.7 Å². The van der Waals surface area contributed by atoms with Gasteiger partial charge in [0.1, 0.15) is 5.82 Å². The highest BCUT2D eigenvalue weighted by Gasteiger charge is 2.22. The van der Waals surface area contributed by atoms with Crippen molar-refractivity contribution in [3.8, 4) is 0 Å². The Morgan fingerprint density at radius 3 is 2.72 bits per heavy atom. The Balaban J connectivity index is 1.49. The number of hydrogen-bond acceptors (Lipinski definition) is 6. The molecule has 7 heteroatoms. The van der Waals surface area contributed by atoms with Crippen molar-refractivity contribution in [2.75, 3.05) is 37.7 Å². The third-order valence-corrected chi connectivity index (χ3v) is 7.16. The average molecular weight is 455 g/mol. The van der Waals surface area contributed by atoms with E-state index in [4.69, 9.17) is 14.7 Å². The van der Waals surface area contributed by atoms with E-state index >= 15 is 0 Å². The Hall–Kier alpha value is -2.12. The van der Waals surface area contributed by atoms with Gasteiger partial charge in [0.05, 0.1) is 13.2 Å². The third-order valence-electron chi connectivity index (χ3n) is 6.24. The molecule has 1 amide bonds. The normalized spacial score (nSPS) is 19.4. The van der Waals surface area contributed by atoms with Crippen molar-refractivity contribution in [3.63, 3.8) is 0 Å². The van der Waals surface area contributed by atoms with E-state index in [1.165, 1.54) is 19.3 Å². The van der Waals surface area contributed by atoms with Gasteiger partial charge in [-0.25, -0.2) is 9.97 Å². The molecule has 1 atom stereocenters. The molecule has 1 aromatic carbocycles. The molecule has 0 aliphatic carbocycles. The molecule has 32 heavy (non-hydrogen) atoms. The minimum Gasteiger partial charge on any atom is -0.378 e. The molecular weight excluding hydrogens is 420 g/mol. The van der Waals surface area contributed by atoms with E-state index in [1.54, 1.807) is 11.8 Å². The predicted molar refractivity (Wildman–Crippen MR) is 130 cm³/mol. The first-order valence-corrected chi connectivity index (χ1v) is 12.7. The molecule has 1 unspecified atom stereocenters. The zero-order chi connectivity index (χ0) is 22.5. The van der Waals surface area contributed by atoms with E-state index < -0.39 is 0 Å². The third kappa shape index (κ3) is 5.62. The SMILES string of the molecule is CC(C)c1cc(N2CCCCC2C)nc(SCc2cccc(C(=O)N3CCOCC3)c2)n1. The lowest BCUT2D eigenvalue weighted by Crippen LogP contribution is -2.40. The molecular formula is C25H34N4O2S. The number of benzene rings is 1. The van der Waals surface area contributed by atoms with Gasteiger partial charge in [-0.2, -0.15) is 0 Å². The Kier molecular flexibility index (Phi) is 7.68. The molecule has 2 aliphatic rings. The Bertz CT molecular complexity index is 930. The number of nitrogens with zero attached hydrogens (tertiary/aromatic N) is 4. The van der Waals surface area contributed by atoms with E-state index in [-0.39, 0.29) is 5.91 Å². The van der Waals surface area contributed by atoms with Crippen molar-refractivity contribution < 1.29 is 9.53 Å². The highest BCUT2D eigenvalue weighted by molar-refractivity contribution is 7.98. The molecule has 172 valence electrons. The number of anilines is 1. The summed E-state index contributed by atoms with van der Waals surface area (Å²) in [4.78, 5) is 26.9. The largest absolute Gasteiger partial charge is 0.378 e. The van der Waals surface area contributed by atoms with Crippen molar-refractivity contribution in [2.24, 2.45) is 0 Å². The standard InChI is InChI=1S/C25H34N4O2S/c1-18(2)22-16-23(29-10-5-4-7-19(29)3)27-25(26-22)32-17-20-8-6-9-21(15-20)24(30)28-11-13-31-14-12-28/h6,8-9,15-16,18-19H,4-5,7,10-14,17H2,1-3H3. The van der Waals surface area contributed by atoms with E-state index in [0.29, 0.717) is 38.3 Å². The summed E-state index contributed by atoms with van der Waals surface area (Å²) in [5.74, 6) is 2.22. The van der Waals surface area contributed by atoms with Crippen LogP contribution >= 0.6 is 11.8 Å². The maximum absolute atomic E-state index is 12.8. The first-order chi connectivity index (χ1) is 15.5. The van der Waals surface area contributed by atoms with Crippen LogP contribution < -0.4 is 4.90 Å². The zero-order valence-electron chi connectivity index (χ0n) is 19.4. The average Bonchev–Trinajstić information content (AvgIpc) is 2.83. The zero-order valence-corrected chi connectivity index (χ0v) is 20.2. The number of piperidine rings is 1. The van der Waals surface area contributed by atoms with Gasteiger partial charge in [-0.15, -0.1) is 0 Å². The predicted octanol–water partition coefficient (Wildman–Crippen LogP) is 4.74. The van der Waals surface area contributed by atoms with Crippen LogP contribution in [0.5, 0.6) is 0 Å². The van der Waals surface area contributed by atoms with Crippen LogP contribution in [0.15, 0.2) is 35.5 Å². The highest BCUT2D eigenvalue weighted by Crippen LogP contribution is 2.29. The second-order valence-corrected chi connectivity index (χ2v) is 9.96. The van der Waals surface area contributed by atoms with Crippen molar-refractivity contribution in [2.45, 2.75) is 62.9 Å². The van der Waals surface area contributed by atoms with Gasteiger partial charge in [-0.3, -0.25) is 4.79 Å². The number of thioether (sulfide) groups is 1. The number of amides is 1. The van der Waals surface area contributed by atoms with Gasteiger partial charge >= 0.3 is 0 Å². The van der Waals surface area contributed by atoms with Gasteiger partial charge in [0.2, 0.25) is 0 Å². The van der Waals surface area contributed by atoms with Crippen LogP contribution in [0, 0.1) is 0 Å². The Morgan fingerprint density at radius 2 is 1.97 bits per heavy atom. The monoisotopic (exact) mass is 454 g/mol. The highest BCUT2D eigenvalue weighted by atomic mass is 32.2. The summed E-state index contributed by atoms with van der Waals surface area (Å²) < 4.78 is 5.37. The first kappa shape index (κ1) is 23.1. The fourth-order valence-corrected chi connectivity index (χ4v) is 5.07. The number of ether oxygens (including phenoxy) is 1. The number of rotatable bonds is 6. The molecule has 0 bridgehead atoms.